The lowest BCUT2D eigenvalue weighted by Gasteiger charge is -2.41. The average Bonchev–Trinajstić information content (AvgIpc) is 2.37. The number of thiocarbonyl (C=S) groups is 1. The predicted octanol–water partition coefficient (Wildman–Crippen LogP) is 4.01. The Labute approximate surface area is 133 Å². The summed E-state index contributed by atoms with van der Waals surface area (Å²) in [6, 6.07) is 7.61. The summed E-state index contributed by atoms with van der Waals surface area (Å²) in [5, 5.41) is 6.13. The van der Waals surface area contributed by atoms with Crippen molar-refractivity contribution in [1.82, 2.24) is 5.32 Å². The molecule has 0 spiro atoms. The summed E-state index contributed by atoms with van der Waals surface area (Å²) < 4.78 is 0.996. The molecule has 1 aromatic rings. The minimum absolute atomic E-state index is 0.0120. The van der Waals surface area contributed by atoms with Gasteiger partial charge in [-0.25, -0.2) is 0 Å². The van der Waals surface area contributed by atoms with Crippen LogP contribution >= 0.6 is 28.1 Å². The van der Waals surface area contributed by atoms with Crippen LogP contribution in [-0.4, -0.2) is 11.0 Å². The molecule has 1 saturated carbocycles. The fraction of sp³-hybridized carbons (Fsp3) is 0.333. The van der Waals surface area contributed by atoms with Gasteiger partial charge in [-0.05, 0) is 55.7 Å². The monoisotopic (exact) mass is 352 g/mol. The van der Waals surface area contributed by atoms with Crippen LogP contribution in [-0.2, 0) is 4.79 Å². The Balaban J connectivity index is 1.93. The molecule has 1 amide bonds. The molecule has 0 radical (unpaired) electrons. The van der Waals surface area contributed by atoms with Gasteiger partial charge >= 0.3 is 0 Å². The SMILES string of the molecule is C=C1CC(CC)(C(=O)NC(=S)Nc2ccc(Br)cc2)C1. The molecular weight excluding hydrogens is 336 g/mol. The number of amides is 1. The molecule has 0 aromatic heterocycles. The maximum atomic E-state index is 12.3. The largest absolute Gasteiger partial charge is 0.332 e. The standard InChI is InChI=1S/C15H17BrN2OS/c1-3-15(8-10(2)9-15)13(19)18-14(20)17-12-6-4-11(16)5-7-12/h4-7H,2-3,8-9H2,1H3,(H2,17,18,19,20). The van der Waals surface area contributed by atoms with Crippen LogP contribution in [0.3, 0.4) is 0 Å². The van der Waals surface area contributed by atoms with Crippen LogP contribution in [0.25, 0.3) is 0 Å². The maximum Gasteiger partial charge on any atom is 0.232 e. The molecule has 5 heteroatoms. The van der Waals surface area contributed by atoms with Gasteiger partial charge in [0.05, 0.1) is 5.41 Å². The molecule has 0 atom stereocenters. The molecule has 3 nitrogen and oxygen atoms in total. The maximum absolute atomic E-state index is 12.3. The first kappa shape index (κ1) is 15.2. The zero-order chi connectivity index (χ0) is 14.8. The van der Waals surface area contributed by atoms with Crippen LogP contribution in [0, 0.1) is 5.41 Å². The molecule has 1 fully saturated rings. The summed E-state index contributed by atoms with van der Waals surface area (Å²) in [6.45, 7) is 5.93. The lowest BCUT2D eigenvalue weighted by atomic mass is 9.64. The van der Waals surface area contributed by atoms with Crippen molar-refractivity contribution in [3.05, 3.63) is 40.9 Å². The van der Waals surface area contributed by atoms with Gasteiger partial charge in [0.15, 0.2) is 5.11 Å². The highest BCUT2D eigenvalue weighted by atomic mass is 79.9. The normalized spacial score (nSPS) is 16.2. The molecule has 1 aliphatic rings. The number of carbonyl (C=O) groups excluding carboxylic acids is 1. The summed E-state index contributed by atoms with van der Waals surface area (Å²) in [4.78, 5) is 12.3. The van der Waals surface area contributed by atoms with Crippen molar-refractivity contribution in [2.75, 3.05) is 5.32 Å². The van der Waals surface area contributed by atoms with E-state index in [0.717, 1.165) is 35.0 Å². The van der Waals surface area contributed by atoms with Gasteiger partial charge in [-0.3, -0.25) is 4.79 Å². The van der Waals surface area contributed by atoms with Gasteiger partial charge < -0.3 is 10.6 Å². The Hall–Kier alpha value is -1.20. The third-order valence-electron chi connectivity index (χ3n) is 3.66. The summed E-state index contributed by atoms with van der Waals surface area (Å²) in [5.41, 5.74) is 1.67. The van der Waals surface area contributed by atoms with Crippen molar-refractivity contribution in [2.45, 2.75) is 26.2 Å². The van der Waals surface area contributed by atoms with Gasteiger partial charge in [0, 0.05) is 10.2 Å². The lowest BCUT2D eigenvalue weighted by molar-refractivity contribution is -0.132. The van der Waals surface area contributed by atoms with Gasteiger partial charge in [0.1, 0.15) is 0 Å². The summed E-state index contributed by atoms with van der Waals surface area (Å²) in [6.07, 6.45) is 2.32. The summed E-state index contributed by atoms with van der Waals surface area (Å²) in [5.74, 6) is -0.0120. The van der Waals surface area contributed by atoms with Crippen molar-refractivity contribution in [1.29, 1.82) is 0 Å². The molecule has 20 heavy (non-hydrogen) atoms. The van der Waals surface area contributed by atoms with Crippen LogP contribution in [0.4, 0.5) is 5.69 Å². The van der Waals surface area contributed by atoms with Gasteiger partial charge in [-0.15, -0.1) is 0 Å². The van der Waals surface area contributed by atoms with E-state index in [4.69, 9.17) is 12.2 Å². The van der Waals surface area contributed by atoms with E-state index in [1.165, 1.54) is 0 Å². The number of benzene rings is 1. The quantitative estimate of drug-likeness (QED) is 0.637. The molecule has 1 aliphatic carbocycles. The third kappa shape index (κ3) is 3.27. The molecule has 1 aromatic carbocycles. The fourth-order valence-corrected chi connectivity index (χ4v) is 2.88. The molecular formula is C15H17BrN2OS. The number of halogens is 1. The Morgan fingerprint density at radius 1 is 1.40 bits per heavy atom. The molecule has 0 aliphatic heterocycles. The highest BCUT2D eigenvalue weighted by Crippen LogP contribution is 2.47. The second-order valence-electron chi connectivity index (χ2n) is 5.15. The number of nitrogens with one attached hydrogen (secondary N) is 2. The Morgan fingerprint density at radius 3 is 2.50 bits per heavy atom. The summed E-state index contributed by atoms with van der Waals surface area (Å²) in [7, 11) is 0. The number of rotatable bonds is 3. The van der Waals surface area contributed by atoms with Crippen LogP contribution in [0.5, 0.6) is 0 Å². The first-order chi connectivity index (χ1) is 9.45. The number of allylic oxidation sites excluding steroid dienone is 1. The Morgan fingerprint density at radius 2 is 2.00 bits per heavy atom. The molecule has 2 rings (SSSR count). The van der Waals surface area contributed by atoms with E-state index in [-0.39, 0.29) is 11.3 Å². The molecule has 0 heterocycles. The van der Waals surface area contributed by atoms with Crippen molar-refractivity contribution < 1.29 is 4.79 Å². The van der Waals surface area contributed by atoms with Gasteiger partial charge in [-0.1, -0.05) is 35.0 Å². The first-order valence-electron chi connectivity index (χ1n) is 6.50. The second-order valence-corrected chi connectivity index (χ2v) is 6.48. The van der Waals surface area contributed by atoms with E-state index in [2.05, 4.69) is 33.1 Å². The topological polar surface area (TPSA) is 41.1 Å². The van der Waals surface area contributed by atoms with E-state index in [0.29, 0.717) is 5.11 Å². The first-order valence-corrected chi connectivity index (χ1v) is 7.70. The average molecular weight is 353 g/mol. The van der Waals surface area contributed by atoms with E-state index < -0.39 is 0 Å². The van der Waals surface area contributed by atoms with E-state index in [9.17, 15) is 4.79 Å². The molecule has 2 N–H and O–H groups in total. The Bertz CT molecular complexity index is 545. The van der Waals surface area contributed by atoms with E-state index in [1.54, 1.807) is 0 Å². The minimum atomic E-state index is -0.317. The Kier molecular flexibility index (Phi) is 4.60. The van der Waals surface area contributed by atoms with Crippen molar-refractivity contribution >= 4 is 44.9 Å². The van der Waals surface area contributed by atoms with Crippen LogP contribution in [0.15, 0.2) is 40.9 Å². The van der Waals surface area contributed by atoms with Gasteiger partial charge in [-0.2, -0.15) is 0 Å². The van der Waals surface area contributed by atoms with Crippen molar-refractivity contribution in [3.8, 4) is 0 Å². The van der Waals surface area contributed by atoms with Crippen molar-refractivity contribution in [3.63, 3.8) is 0 Å². The number of carbonyl (C=O) groups is 1. The molecule has 106 valence electrons. The minimum Gasteiger partial charge on any atom is -0.332 e. The molecule has 0 bridgehead atoms. The predicted molar refractivity (Wildman–Crippen MR) is 89.6 cm³/mol. The molecule has 0 saturated heterocycles. The lowest BCUT2D eigenvalue weighted by Crippen LogP contribution is -2.49. The van der Waals surface area contributed by atoms with Crippen molar-refractivity contribution in [2.24, 2.45) is 5.41 Å². The molecule has 0 unspecified atom stereocenters. The fourth-order valence-electron chi connectivity index (χ4n) is 2.41. The highest BCUT2D eigenvalue weighted by Gasteiger charge is 2.44. The van der Waals surface area contributed by atoms with Gasteiger partial charge in [0.2, 0.25) is 5.91 Å². The van der Waals surface area contributed by atoms with Gasteiger partial charge in [0.25, 0.3) is 0 Å². The second kappa shape index (κ2) is 6.06. The number of hydrogen-bond donors (Lipinski definition) is 2. The third-order valence-corrected chi connectivity index (χ3v) is 4.40. The zero-order valence-corrected chi connectivity index (χ0v) is 13.7. The van der Waals surface area contributed by atoms with Crippen LogP contribution < -0.4 is 10.6 Å². The number of anilines is 1. The van der Waals surface area contributed by atoms with E-state index >= 15 is 0 Å². The van der Waals surface area contributed by atoms with Crippen LogP contribution in [0.1, 0.15) is 26.2 Å². The van der Waals surface area contributed by atoms with Crippen LogP contribution in [0.2, 0.25) is 0 Å². The zero-order valence-electron chi connectivity index (χ0n) is 11.3. The van der Waals surface area contributed by atoms with E-state index in [1.807, 2.05) is 31.2 Å². The highest BCUT2D eigenvalue weighted by molar-refractivity contribution is 9.10. The smallest absolute Gasteiger partial charge is 0.232 e. The number of hydrogen-bond acceptors (Lipinski definition) is 2. The summed E-state index contributed by atoms with van der Waals surface area (Å²) >= 11 is 8.56.